The van der Waals surface area contributed by atoms with Crippen LogP contribution < -0.4 is 11.1 Å². The average Bonchev–Trinajstić information content (AvgIpc) is 2.54. The van der Waals surface area contributed by atoms with Gasteiger partial charge in [-0.1, -0.05) is 31.2 Å². The van der Waals surface area contributed by atoms with E-state index in [4.69, 9.17) is 5.73 Å². The quantitative estimate of drug-likeness (QED) is 0.790. The summed E-state index contributed by atoms with van der Waals surface area (Å²) in [5.74, 6) is 0.827. The van der Waals surface area contributed by atoms with E-state index >= 15 is 0 Å². The van der Waals surface area contributed by atoms with Crippen LogP contribution in [0.15, 0.2) is 48.5 Å². The normalized spacial score (nSPS) is 11.9. The maximum Gasteiger partial charge on any atom is 0.237 e. The molecule has 0 saturated carbocycles. The fraction of sp³-hybridized carbons (Fsp3) is 0.278. The summed E-state index contributed by atoms with van der Waals surface area (Å²) in [6.07, 6.45) is 1.00. The van der Waals surface area contributed by atoms with Gasteiger partial charge >= 0.3 is 0 Å². The molecule has 2 aromatic carbocycles. The molecule has 0 heterocycles. The number of carbonyl (C=O) groups excluding carboxylic acids is 1. The molecule has 0 spiro atoms. The van der Waals surface area contributed by atoms with Crippen molar-refractivity contribution in [3.05, 3.63) is 59.7 Å². The maximum absolute atomic E-state index is 12.2. The molecule has 0 aliphatic heterocycles. The Morgan fingerprint density at radius 1 is 1.09 bits per heavy atom. The highest BCUT2D eigenvalue weighted by atomic mass is 32.2. The number of carbonyl (C=O) groups is 1. The van der Waals surface area contributed by atoms with Gasteiger partial charge < -0.3 is 11.1 Å². The van der Waals surface area contributed by atoms with E-state index < -0.39 is 0 Å². The van der Waals surface area contributed by atoms with Gasteiger partial charge in [-0.3, -0.25) is 4.79 Å². The molecule has 2 rings (SSSR count). The van der Waals surface area contributed by atoms with Crippen LogP contribution in [0.1, 0.15) is 25.0 Å². The minimum absolute atomic E-state index is 0.0321. The molecule has 0 radical (unpaired) electrons. The molecule has 1 atom stereocenters. The number of nitrogen functional groups attached to an aromatic ring is 1. The van der Waals surface area contributed by atoms with Gasteiger partial charge in [0, 0.05) is 17.1 Å². The van der Waals surface area contributed by atoms with Gasteiger partial charge in [0.15, 0.2) is 0 Å². The van der Waals surface area contributed by atoms with Gasteiger partial charge in [0.2, 0.25) is 5.91 Å². The molecule has 4 heteroatoms. The lowest BCUT2D eigenvalue weighted by Gasteiger charge is -2.12. The summed E-state index contributed by atoms with van der Waals surface area (Å²) in [5, 5.41) is 2.85. The van der Waals surface area contributed by atoms with Gasteiger partial charge in [-0.05, 0) is 48.7 Å². The molecule has 3 nitrogen and oxygen atoms in total. The molecule has 0 aromatic heterocycles. The Balaban J connectivity index is 1.84. The average molecular weight is 314 g/mol. The first-order chi connectivity index (χ1) is 10.6. The van der Waals surface area contributed by atoms with Crippen molar-refractivity contribution in [2.24, 2.45) is 0 Å². The second kappa shape index (κ2) is 7.90. The Morgan fingerprint density at radius 3 is 2.27 bits per heavy atom. The Kier molecular flexibility index (Phi) is 5.90. The largest absolute Gasteiger partial charge is 0.399 e. The van der Waals surface area contributed by atoms with E-state index in [1.165, 1.54) is 11.1 Å². The number of hydrogen-bond donors (Lipinski definition) is 2. The highest BCUT2D eigenvalue weighted by Crippen LogP contribution is 2.20. The van der Waals surface area contributed by atoms with E-state index in [2.05, 4.69) is 12.2 Å². The lowest BCUT2D eigenvalue weighted by molar-refractivity contribution is -0.115. The van der Waals surface area contributed by atoms with Gasteiger partial charge in [0.1, 0.15) is 0 Å². The summed E-state index contributed by atoms with van der Waals surface area (Å²) >= 11 is 1.62. The van der Waals surface area contributed by atoms with Crippen molar-refractivity contribution in [3.63, 3.8) is 0 Å². The zero-order valence-corrected chi connectivity index (χ0v) is 13.8. The van der Waals surface area contributed by atoms with Gasteiger partial charge in [0.25, 0.3) is 0 Å². The molecule has 22 heavy (non-hydrogen) atoms. The molecule has 0 saturated heterocycles. The second-order valence-electron chi connectivity index (χ2n) is 5.23. The third-order valence-electron chi connectivity index (χ3n) is 3.48. The predicted molar refractivity (Wildman–Crippen MR) is 96.1 cm³/mol. The van der Waals surface area contributed by atoms with Crippen LogP contribution in [0.5, 0.6) is 0 Å². The lowest BCUT2D eigenvalue weighted by Crippen LogP contribution is -2.22. The standard InChI is InChI=1S/C18H22N2OS/c1-3-14-6-10-17(11-7-14)20-18(21)13(2)22-12-15-4-8-16(19)9-5-15/h4-11,13H,3,12,19H2,1-2H3,(H,20,21). The van der Waals surface area contributed by atoms with Crippen LogP contribution in [0.3, 0.4) is 0 Å². The first kappa shape index (κ1) is 16.4. The number of hydrogen-bond acceptors (Lipinski definition) is 3. The molecule has 0 bridgehead atoms. The van der Waals surface area contributed by atoms with Gasteiger partial charge in [-0.25, -0.2) is 0 Å². The van der Waals surface area contributed by atoms with Crippen molar-refractivity contribution in [2.45, 2.75) is 31.3 Å². The highest BCUT2D eigenvalue weighted by Gasteiger charge is 2.13. The van der Waals surface area contributed by atoms with E-state index in [9.17, 15) is 4.79 Å². The lowest BCUT2D eigenvalue weighted by atomic mass is 10.1. The van der Waals surface area contributed by atoms with Crippen molar-refractivity contribution in [1.29, 1.82) is 0 Å². The first-order valence-corrected chi connectivity index (χ1v) is 8.49. The minimum atomic E-state index is -0.108. The summed E-state index contributed by atoms with van der Waals surface area (Å²) < 4.78 is 0. The molecule has 1 amide bonds. The molecular weight excluding hydrogens is 292 g/mol. The number of rotatable bonds is 6. The Morgan fingerprint density at radius 2 is 1.68 bits per heavy atom. The Labute approximate surface area is 136 Å². The maximum atomic E-state index is 12.2. The minimum Gasteiger partial charge on any atom is -0.399 e. The summed E-state index contributed by atoms with van der Waals surface area (Å²) in [4.78, 5) is 12.2. The molecule has 0 aliphatic carbocycles. The monoisotopic (exact) mass is 314 g/mol. The molecule has 0 aliphatic rings. The van der Waals surface area contributed by atoms with Crippen molar-refractivity contribution in [3.8, 4) is 0 Å². The Bertz CT molecular complexity index is 608. The summed E-state index contributed by atoms with van der Waals surface area (Å²) in [6.45, 7) is 4.04. The summed E-state index contributed by atoms with van der Waals surface area (Å²) in [5.41, 5.74) is 9.71. The molecule has 3 N–H and O–H groups in total. The topological polar surface area (TPSA) is 55.1 Å². The highest BCUT2D eigenvalue weighted by molar-refractivity contribution is 7.99. The van der Waals surface area contributed by atoms with Gasteiger partial charge in [-0.2, -0.15) is 0 Å². The van der Waals surface area contributed by atoms with Crippen LogP contribution in [0, 0.1) is 0 Å². The van der Waals surface area contributed by atoms with Crippen LogP contribution in [0.4, 0.5) is 11.4 Å². The molecule has 2 aromatic rings. The number of amides is 1. The van der Waals surface area contributed by atoms with Gasteiger partial charge in [0.05, 0.1) is 5.25 Å². The summed E-state index contributed by atoms with van der Waals surface area (Å²) in [7, 11) is 0. The van der Waals surface area contributed by atoms with Crippen molar-refractivity contribution < 1.29 is 4.79 Å². The van der Waals surface area contributed by atoms with E-state index in [0.29, 0.717) is 0 Å². The van der Waals surface area contributed by atoms with Gasteiger partial charge in [-0.15, -0.1) is 11.8 Å². The molecule has 116 valence electrons. The Hall–Kier alpha value is -1.94. The first-order valence-electron chi connectivity index (χ1n) is 7.44. The third kappa shape index (κ3) is 4.81. The third-order valence-corrected chi connectivity index (χ3v) is 4.69. The number of aryl methyl sites for hydroxylation is 1. The van der Waals surface area contributed by atoms with Crippen LogP contribution in [-0.4, -0.2) is 11.2 Å². The SMILES string of the molecule is CCc1ccc(NC(=O)C(C)SCc2ccc(N)cc2)cc1. The molecular formula is C18H22N2OS. The smallest absolute Gasteiger partial charge is 0.237 e. The van der Waals surface area contributed by atoms with Crippen LogP contribution in [0.2, 0.25) is 0 Å². The summed E-state index contributed by atoms with van der Waals surface area (Å²) in [6, 6.07) is 15.8. The van der Waals surface area contributed by atoms with Crippen molar-refractivity contribution in [1.82, 2.24) is 0 Å². The number of nitrogens with one attached hydrogen (secondary N) is 1. The van der Waals surface area contributed by atoms with Crippen LogP contribution in [-0.2, 0) is 17.0 Å². The van der Waals surface area contributed by atoms with Crippen molar-refractivity contribution in [2.75, 3.05) is 11.1 Å². The zero-order valence-electron chi connectivity index (χ0n) is 13.0. The number of thioether (sulfide) groups is 1. The number of benzene rings is 2. The zero-order chi connectivity index (χ0) is 15.9. The van der Waals surface area contributed by atoms with Crippen LogP contribution in [0.25, 0.3) is 0 Å². The number of anilines is 2. The van der Waals surface area contributed by atoms with E-state index in [1.807, 2.05) is 55.5 Å². The van der Waals surface area contributed by atoms with E-state index in [0.717, 1.165) is 23.5 Å². The fourth-order valence-corrected chi connectivity index (χ4v) is 2.82. The fourth-order valence-electron chi connectivity index (χ4n) is 1.98. The molecule has 0 fully saturated rings. The predicted octanol–water partition coefficient (Wildman–Crippen LogP) is 4.09. The second-order valence-corrected chi connectivity index (χ2v) is 6.56. The van der Waals surface area contributed by atoms with Crippen molar-refractivity contribution >= 4 is 29.0 Å². The van der Waals surface area contributed by atoms with E-state index in [-0.39, 0.29) is 11.2 Å². The molecule has 1 unspecified atom stereocenters. The number of nitrogens with two attached hydrogens (primary N) is 1. The van der Waals surface area contributed by atoms with E-state index in [1.54, 1.807) is 11.8 Å². The van der Waals surface area contributed by atoms with Crippen LogP contribution >= 0.6 is 11.8 Å².